The van der Waals surface area contributed by atoms with Crippen LogP contribution in [0, 0.1) is 19.8 Å². The van der Waals surface area contributed by atoms with Crippen molar-refractivity contribution in [1.29, 1.82) is 0 Å². The molecule has 5 heteroatoms. The number of hydrogen-bond acceptors (Lipinski definition) is 5. The molecule has 2 N–H and O–H groups in total. The third-order valence-corrected chi connectivity index (χ3v) is 4.87. The molecule has 4 nitrogen and oxygen atoms in total. The molecule has 2 heterocycles. The van der Waals surface area contributed by atoms with Crippen LogP contribution in [0.3, 0.4) is 0 Å². The lowest BCUT2D eigenvalue weighted by Crippen LogP contribution is -2.22. The van der Waals surface area contributed by atoms with Crippen molar-refractivity contribution in [2.24, 2.45) is 5.92 Å². The van der Waals surface area contributed by atoms with E-state index < -0.39 is 0 Å². The summed E-state index contributed by atoms with van der Waals surface area (Å²) in [4.78, 5) is 10.0. The van der Waals surface area contributed by atoms with Crippen molar-refractivity contribution in [2.45, 2.75) is 39.2 Å². The maximum atomic E-state index is 9.88. The van der Waals surface area contributed by atoms with Crippen LogP contribution < -0.4 is 5.32 Å². The van der Waals surface area contributed by atoms with Gasteiger partial charge in [-0.15, -0.1) is 11.3 Å². The van der Waals surface area contributed by atoms with Gasteiger partial charge in [0.1, 0.15) is 16.5 Å². The smallest absolute Gasteiger partial charge is 0.138 e. The first-order valence-electron chi connectivity index (χ1n) is 6.79. The van der Waals surface area contributed by atoms with E-state index in [1.807, 2.05) is 6.92 Å². The van der Waals surface area contributed by atoms with Gasteiger partial charge >= 0.3 is 0 Å². The highest BCUT2D eigenvalue weighted by atomic mass is 32.1. The van der Waals surface area contributed by atoms with E-state index in [1.54, 1.807) is 11.3 Å². The quantitative estimate of drug-likeness (QED) is 0.905. The van der Waals surface area contributed by atoms with Crippen LogP contribution in [0.25, 0.3) is 10.2 Å². The summed E-state index contributed by atoms with van der Waals surface area (Å²) in [5, 5.41) is 16.5. The van der Waals surface area contributed by atoms with Gasteiger partial charge in [0.05, 0.1) is 11.5 Å². The summed E-state index contributed by atoms with van der Waals surface area (Å²) < 4.78 is 0. The number of aromatic nitrogens is 2. The molecule has 2 aromatic rings. The number of hydrogen-bond donors (Lipinski definition) is 2. The molecule has 0 saturated heterocycles. The van der Waals surface area contributed by atoms with Gasteiger partial charge in [-0.1, -0.05) is 6.42 Å². The lowest BCUT2D eigenvalue weighted by atomic mass is 10.1. The van der Waals surface area contributed by atoms with E-state index in [2.05, 4.69) is 27.6 Å². The molecule has 19 heavy (non-hydrogen) atoms. The summed E-state index contributed by atoms with van der Waals surface area (Å²) >= 11 is 1.66. The Balaban J connectivity index is 1.85. The van der Waals surface area contributed by atoms with Gasteiger partial charge in [-0.25, -0.2) is 9.97 Å². The molecule has 1 fully saturated rings. The van der Waals surface area contributed by atoms with Crippen LogP contribution in [-0.4, -0.2) is 27.7 Å². The number of nitrogens with one attached hydrogen (secondary N) is 1. The van der Waals surface area contributed by atoms with Crippen LogP contribution in [0.2, 0.25) is 0 Å². The average molecular weight is 277 g/mol. The first-order valence-corrected chi connectivity index (χ1v) is 7.67. The van der Waals surface area contributed by atoms with Gasteiger partial charge in [-0.05, 0) is 37.6 Å². The minimum Gasteiger partial charge on any atom is -0.393 e. The Morgan fingerprint density at radius 3 is 2.95 bits per heavy atom. The first-order chi connectivity index (χ1) is 9.15. The van der Waals surface area contributed by atoms with E-state index in [-0.39, 0.29) is 6.10 Å². The molecule has 2 unspecified atom stereocenters. The SMILES string of the molecule is Cc1nc(NCC2CCCC2O)c2c(C)csc2n1. The Morgan fingerprint density at radius 1 is 1.37 bits per heavy atom. The van der Waals surface area contributed by atoms with E-state index >= 15 is 0 Å². The van der Waals surface area contributed by atoms with Gasteiger partial charge < -0.3 is 10.4 Å². The lowest BCUT2D eigenvalue weighted by Gasteiger charge is -2.16. The van der Waals surface area contributed by atoms with Gasteiger partial charge in [0, 0.05) is 12.5 Å². The molecule has 2 atom stereocenters. The molecule has 1 saturated carbocycles. The Labute approximate surface area is 116 Å². The Morgan fingerprint density at radius 2 is 2.21 bits per heavy atom. The Bertz CT molecular complexity index is 596. The van der Waals surface area contributed by atoms with Crippen LogP contribution in [0.5, 0.6) is 0 Å². The largest absolute Gasteiger partial charge is 0.393 e. The van der Waals surface area contributed by atoms with Gasteiger partial charge in [-0.2, -0.15) is 0 Å². The number of nitrogens with zero attached hydrogens (tertiary/aromatic N) is 2. The molecule has 102 valence electrons. The van der Waals surface area contributed by atoms with Crippen molar-refractivity contribution < 1.29 is 5.11 Å². The van der Waals surface area contributed by atoms with Crippen molar-refractivity contribution in [3.8, 4) is 0 Å². The van der Waals surface area contributed by atoms with Gasteiger partial charge in [-0.3, -0.25) is 0 Å². The molecule has 0 amide bonds. The van der Waals surface area contributed by atoms with E-state index in [1.165, 1.54) is 5.56 Å². The third-order valence-electron chi connectivity index (χ3n) is 3.88. The zero-order chi connectivity index (χ0) is 13.4. The topological polar surface area (TPSA) is 58.0 Å². The van der Waals surface area contributed by atoms with E-state index in [0.29, 0.717) is 5.92 Å². The summed E-state index contributed by atoms with van der Waals surface area (Å²) in [5.41, 5.74) is 1.22. The molecule has 2 aromatic heterocycles. The Kier molecular flexibility index (Phi) is 3.41. The van der Waals surface area contributed by atoms with Crippen LogP contribution in [0.15, 0.2) is 5.38 Å². The fraction of sp³-hybridized carbons (Fsp3) is 0.571. The van der Waals surface area contributed by atoms with E-state index in [9.17, 15) is 5.11 Å². The van der Waals surface area contributed by atoms with E-state index in [0.717, 1.165) is 47.7 Å². The summed E-state index contributed by atoms with van der Waals surface area (Å²) in [6, 6.07) is 0. The highest BCUT2D eigenvalue weighted by Crippen LogP contribution is 2.31. The molecule has 1 aliphatic carbocycles. The van der Waals surface area contributed by atoms with Gasteiger partial charge in [0.2, 0.25) is 0 Å². The summed E-state index contributed by atoms with van der Waals surface area (Å²) in [5.74, 6) is 2.06. The molecule has 0 bridgehead atoms. The minimum atomic E-state index is -0.158. The highest BCUT2D eigenvalue weighted by molar-refractivity contribution is 7.17. The Hall–Kier alpha value is -1.20. The minimum absolute atomic E-state index is 0.158. The third kappa shape index (κ3) is 2.44. The zero-order valence-corrected chi connectivity index (χ0v) is 12.1. The van der Waals surface area contributed by atoms with Gasteiger partial charge in [0.25, 0.3) is 0 Å². The fourth-order valence-corrected chi connectivity index (χ4v) is 3.77. The predicted molar refractivity (Wildman–Crippen MR) is 78.7 cm³/mol. The monoisotopic (exact) mass is 277 g/mol. The second-order valence-corrected chi connectivity index (χ2v) is 6.22. The number of anilines is 1. The van der Waals surface area contributed by atoms with Gasteiger partial charge in [0.15, 0.2) is 0 Å². The van der Waals surface area contributed by atoms with Crippen LogP contribution in [0.4, 0.5) is 5.82 Å². The van der Waals surface area contributed by atoms with Crippen LogP contribution in [-0.2, 0) is 0 Å². The number of fused-ring (bicyclic) bond motifs is 1. The second kappa shape index (κ2) is 5.06. The predicted octanol–water partition coefficient (Wildman–Crippen LogP) is 2.88. The molecule has 0 aliphatic heterocycles. The number of aryl methyl sites for hydroxylation is 2. The molecular weight excluding hydrogens is 258 g/mol. The first kappa shape index (κ1) is 12.8. The normalized spacial score (nSPS) is 23.1. The molecule has 3 rings (SSSR count). The van der Waals surface area contributed by atoms with Crippen LogP contribution >= 0.6 is 11.3 Å². The molecule has 1 aliphatic rings. The molecule has 0 spiro atoms. The zero-order valence-electron chi connectivity index (χ0n) is 11.3. The van der Waals surface area contributed by atoms with Crippen molar-refractivity contribution >= 4 is 27.4 Å². The average Bonchev–Trinajstić information content (AvgIpc) is 2.93. The van der Waals surface area contributed by atoms with Crippen molar-refractivity contribution in [3.05, 3.63) is 16.8 Å². The number of aliphatic hydroxyl groups excluding tert-OH is 1. The number of aliphatic hydroxyl groups is 1. The molecule has 0 radical (unpaired) electrons. The van der Waals surface area contributed by atoms with Crippen molar-refractivity contribution in [1.82, 2.24) is 9.97 Å². The number of rotatable bonds is 3. The lowest BCUT2D eigenvalue weighted by molar-refractivity contribution is 0.138. The maximum Gasteiger partial charge on any atom is 0.138 e. The standard InChI is InChI=1S/C14H19N3OS/c1-8-7-19-14-12(8)13(16-9(2)17-14)15-6-10-4-3-5-11(10)18/h7,10-11,18H,3-6H2,1-2H3,(H,15,16,17). The maximum absolute atomic E-state index is 9.88. The number of thiophene rings is 1. The van der Waals surface area contributed by atoms with E-state index in [4.69, 9.17) is 0 Å². The fourth-order valence-electron chi connectivity index (χ4n) is 2.80. The summed E-state index contributed by atoms with van der Waals surface area (Å²) in [6.07, 6.45) is 3.00. The van der Waals surface area contributed by atoms with Crippen molar-refractivity contribution in [2.75, 3.05) is 11.9 Å². The van der Waals surface area contributed by atoms with Crippen LogP contribution in [0.1, 0.15) is 30.7 Å². The van der Waals surface area contributed by atoms with Crippen molar-refractivity contribution in [3.63, 3.8) is 0 Å². The second-order valence-electron chi connectivity index (χ2n) is 5.36. The summed E-state index contributed by atoms with van der Waals surface area (Å²) in [7, 11) is 0. The molecule has 0 aromatic carbocycles. The highest BCUT2D eigenvalue weighted by Gasteiger charge is 2.25. The molecular formula is C14H19N3OS. The summed E-state index contributed by atoms with van der Waals surface area (Å²) in [6.45, 7) is 4.80.